The van der Waals surface area contributed by atoms with Gasteiger partial charge in [0.25, 0.3) is 0 Å². The van der Waals surface area contributed by atoms with Crippen LogP contribution in [0.1, 0.15) is 278 Å². The number of allylic oxidation sites excluding steroid dienone is 12. The fraction of sp³-hybridized carbons (Fsp3) is 0.776. The van der Waals surface area contributed by atoms with Crippen molar-refractivity contribution in [1.29, 1.82) is 0 Å². The van der Waals surface area contributed by atoms with E-state index in [1.165, 1.54) is 83.5 Å². The lowest BCUT2D eigenvalue weighted by Crippen LogP contribution is -2.30. The van der Waals surface area contributed by atoms with Crippen molar-refractivity contribution in [1.82, 2.24) is 0 Å². The fourth-order valence-electron chi connectivity index (χ4n) is 8.76. The summed E-state index contributed by atoms with van der Waals surface area (Å²) in [5, 5.41) is 20.5. The monoisotopic (exact) mass is 1240 g/mol. The molecule has 5 atom stereocenters. The van der Waals surface area contributed by atoms with Gasteiger partial charge in [-0.05, 0) is 96.3 Å². The molecule has 0 spiro atoms. The lowest BCUT2D eigenvalue weighted by molar-refractivity contribution is -0.161. The molecular formula is C67H120O16P2. The van der Waals surface area contributed by atoms with Gasteiger partial charge in [0.2, 0.25) is 0 Å². The lowest BCUT2D eigenvalue weighted by Gasteiger charge is -2.21. The predicted molar refractivity (Wildman–Crippen MR) is 344 cm³/mol. The third-order valence-corrected chi connectivity index (χ3v) is 15.8. The number of carbonyl (C=O) groups excluding carboxylic acids is 3. The zero-order valence-electron chi connectivity index (χ0n) is 53.3. The fourth-order valence-corrected chi connectivity index (χ4v) is 10.3. The molecular weight excluding hydrogens is 1120 g/mol. The zero-order valence-corrected chi connectivity index (χ0v) is 55.1. The van der Waals surface area contributed by atoms with Crippen LogP contribution in [0.25, 0.3) is 0 Å². The summed E-state index contributed by atoms with van der Waals surface area (Å²) in [7, 11) is -9.77. The number of phosphoric acid groups is 2. The van der Waals surface area contributed by atoms with E-state index in [1.54, 1.807) is 0 Å². The second kappa shape index (κ2) is 61.2. The average molecular weight is 1240 g/mol. The first kappa shape index (κ1) is 82.0. The Hall–Kier alpha value is -3.01. The molecule has 0 fully saturated rings. The van der Waals surface area contributed by atoms with Gasteiger partial charge in [0.05, 0.1) is 26.4 Å². The quantitative estimate of drug-likeness (QED) is 0.0146. The van der Waals surface area contributed by atoms with Crippen molar-refractivity contribution < 1.29 is 75.8 Å². The van der Waals surface area contributed by atoms with Crippen molar-refractivity contribution >= 4 is 33.6 Å². The van der Waals surface area contributed by atoms with Gasteiger partial charge in [-0.1, -0.05) is 235 Å². The second-order valence-corrected chi connectivity index (χ2v) is 25.2. The molecule has 18 heteroatoms. The van der Waals surface area contributed by atoms with E-state index in [9.17, 15) is 43.5 Å². The zero-order chi connectivity index (χ0) is 62.4. The van der Waals surface area contributed by atoms with Crippen LogP contribution in [0.4, 0.5) is 0 Å². The Labute approximate surface area is 515 Å². The molecule has 0 aliphatic carbocycles. The SMILES string of the molecule is CCCCC/C=C\C/C=C\C/C=C\CCCCCCCCC(=O)OCC(O)COP(=O)(O)OCC(O)COP(=O)(O)OCC(COC(=O)CCCCCCCC/C=C\C/C=C\C/C=C\CCCCC)OC(=O)CCCCCCCCCCCCC. The molecule has 0 aromatic rings. The third kappa shape index (κ3) is 62.4. The summed E-state index contributed by atoms with van der Waals surface area (Å²) in [6.45, 7) is 2.58. The van der Waals surface area contributed by atoms with E-state index in [0.29, 0.717) is 19.3 Å². The van der Waals surface area contributed by atoms with Crippen LogP contribution in [-0.4, -0.2) is 95.9 Å². The number of unbranched alkanes of at least 4 members (excludes halogenated alkanes) is 28. The molecule has 5 unspecified atom stereocenters. The molecule has 0 amide bonds. The molecule has 0 saturated carbocycles. The van der Waals surface area contributed by atoms with Crippen LogP contribution in [0.5, 0.6) is 0 Å². The lowest BCUT2D eigenvalue weighted by atomic mass is 10.1. The molecule has 0 aliphatic rings. The number of rotatable bonds is 63. The van der Waals surface area contributed by atoms with E-state index in [1.807, 2.05) is 0 Å². The first-order chi connectivity index (χ1) is 41.2. The third-order valence-electron chi connectivity index (χ3n) is 13.9. The number of aliphatic hydroxyl groups excluding tert-OH is 2. The van der Waals surface area contributed by atoms with Gasteiger partial charge in [-0.25, -0.2) is 9.13 Å². The van der Waals surface area contributed by atoms with E-state index < -0.39 is 91.5 Å². The minimum absolute atomic E-state index is 0.105. The summed E-state index contributed by atoms with van der Waals surface area (Å²) in [4.78, 5) is 58.2. The van der Waals surface area contributed by atoms with Crippen molar-refractivity contribution in [3.63, 3.8) is 0 Å². The maximum Gasteiger partial charge on any atom is 0.472 e. The summed E-state index contributed by atoms with van der Waals surface area (Å²) < 4.78 is 60.8. The van der Waals surface area contributed by atoms with Gasteiger partial charge in [-0.3, -0.25) is 32.5 Å². The van der Waals surface area contributed by atoms with Gasteiger partial charge >= 0.3 is 33.6 Å². The van der Waals surface area contributed by atoms with E-state index in [2.05, 4.69) is 93.7 Å². The number of phosphoric ester groups is 2. The van der Waals surface area contributed by atoms with Crippen LogP contribution < -0.4 is 0 Å². The molecule has 0 bridgehead atoms. The van der Waals surface area contributed by atoms with Crippen LogP contribution in [0.2, 0.25) is 0 Å². The van der Waals surface area contributed by atoms with Gasteiger partial charge < -0.3 is 34.2 Å². The van der Waals surface area contributed by atoms with E-state index >= 15 is 0 Å². The largest absolute Gasteiger partial charge is 0.472 e. The molecule has 4 N–H and O–H groups in total. The molecule has 0 saturated heterocycles. The average Bonchev–Trinajstić information content (AvgIpc) is 3.60. The van der Waals surface area contributed by atoms with Crippen LogP contribution in [0.3, 0.4) is 0 Å². The van der Waals surface area contributed by atoms with Crippen molar-refractivity contribution in [3.05, 3.63) is 72.9 Å². The van der Waals surface area contributed by atoms with E-state index in [0.717, 1.165) is 135 Å². The summed E-state index contributed by atoms with van der Waals surface area (Å²) in [5.74, 6) is -1.59. The molecule has 0 rings (SSSR count). The van der Waals surface area contributed by atoms with Gasteiger partial charge in [0, 0.05) is 19.3 Å². The Kier molecular flexibility index (Phi) is 59.1. The minimum Gasteiger partial charge on any atom is -0.463 e. The summed E-state index contributed by atoms with van der Waals surface area (Å²) >= 11 is 0. The van der Waals surface area contributed by atoms with Gasteiger partial charge in [-0.15, -0.1) is 0 Å². The number of esters is 3. The Bertz CT molecular complexity index is 1850. The topological polar surface area (TPSA) is 231 Å². The molecule has 85 heavy (non-hydrogen) atoms. The normalized spacial score (nSPS) is 14.8. The molecule has 0 aliphatic heterocycles. The van der Waals surface area contributed by atoms with Crippen LogP contribution >= 0.6 is 15.6 Å². The van der Waals surface area contributed by atoms with Crippen molar-refractivity contribution in [2.24, 2.45) is 0 Å². The molecule has 16 nitrogen and oxygen atoms in total. The van der Waals surface area contributed by atoms with E-state index in [-0.39, 0.29) is 19.3 Å². The standard InChI is InChI=1S/C67H120O16P2/c1-4-7-10-13-16-19-22-24-26-28-30-32-34-36-39-41-44-47-50-53-65(70)77-56-62(68)57-79-84(73,74)80-58-63(69)59-81-85(75,76)82-61-64(83-67(72)55-52-49-46-43-38-21-18-15-12-9-6-3)60-78-66(71)54-51-48-45-42-40-37-35-33-31-29-27-25-23-20-17-14-11-8-5-2/h16-17,19-20,24-27,30-33,62-64,68-69H,4-15,18,21-23,28-29,34-61H2,1-3H3,(H,73,74)(H,75,76)/b19-16-,20-17-,26-24-,27-25-,32-30-,33-31-. The molecule has 0 aromatic carbocycles. The Morgan fingerprint density at radius 1 is 0.329 bits per heavy atom. The number of carbonyl (C=O) groups is 3. The molecule has 0 radical (unpaired) electrons. The summed E-state index contributed by atoms with van der Waals surface area (Å²) in [5.41, 5.74) is 0. The number of ether oxygens (including phenoxy) is 3. The number of aliphatic hydroxyl groups is 2. The van der Waals surface area contributed by atoms with Gasteiger partial charge in [-0.2, -0.15) is 0 Å². The summed E-state index contributed by atoms with van der Waals surface area (Å²) in [6.07, 6.45) is 62.4. The number of hydrogen-bond donors (Lipinski definition) is 4. The highest BCUT2D eigenvalue weighted by Crippen LogP contribution is 2.45. The second-order valence-electron chi connectivity index (χ2n) is 22.3. The minimum atomic E-state index is -4.92. The highest BCUT2D eigenvalue weighted by atomic mass is 31.2. The maximum atomic E-state index is 12.9. The number of hydrogen-bond acceptors (Lipinski definition) is 14. The Morgan fingerprint density at radius 3 is 0.953 bits per heavy atom. The molecule has 0 aromatic heterocycles. The van der Waals surface area contributed by atoms with Crippen molar-refractivity contribution in [2.75, 3.05) is 39.6 Å². The first-order valence-electron chi connectivity index (χ1n) is 33.2. The van der Waals surface area contributed by atoms with Crippen LogP contribution in [0.15, 0.2) is 72.9 Å². The van der Waals surface area contributed by atoms with Gasteiger partial charge in [0.1, 0.15) is 25.4 Å². The summed E-state index contributed by atoms with van der Waals surface area (Å²) in [6, 6.07) is 0. The Balaban J connectivity index is 4.62. The van der Waals surface area contributed by atoms with Crippen molar-refractivity contribution in [2.45, 2.75) is 296 Å². The van der Waals surface area contributed by atoms with Gasteiger partial charge in [0.15, 0.2) is 6.10 Å². The predicted octanol–water partition coefficient (Wildman–Crippen LogP) is 18.0. The smallest absolute Gasteiger partial charge is 0.463 e. The van der Waals surface area contributed by atoms with Crippen LogP contribution in [0, 0.1) is 0 Å². The molecule has 0 heterocycles. The maximum absolute atomic E-state index is 12.9. The van der Waals surface area contributed by atoms with E-state index in [4.69, 9.17) is 32.3 Å². The van der Waals surface area contributed by atoms with Crippen LogP contribution in [-0.2, 0) is 55.8 Å². The Morgan fingerprint density at radius 2 is 0.588 bits per heavy atom. The molecule has 494 valence electrons. The first-order valence-corrected chi connectivity index (χ1v) is 36.2. The highest BCUT2D eigenvalue weighted by molar-refractivity contribution is 7.47. The van der Waals surface area contributed by atoms with Crippen molar-refractivity contribution in [3.8, 4) is 0 Å². The highest BCUT2D eigenvalue weighted by Gasteiger charge is 2.29.